The molecule has 208 valence electrons. The van der Waals surface area contributed by atoms with E-state index in [9.17, 15) is 18.4 Å². The average Bonchev–Trinajstić information content (AvgIpc) is 3.51. The third-order valence-electron chi connectivity index (χ3n) is 7.18. The van der Waals surface area contributed by atoms with Crippen molar-refractivity contribution in [3.8, 4) is 0 Å². The Balaban J connectivity index is 1.73. The van der Waals surface area contributed by atoms with Crippen molar-refractivity contribution in [3.63, 3.8) is 0 Å². The van der Waals surface area contributed by atoms with Crippen LogP contribution in [0.2, 0.25) is 0 Å². The quantitative estimate of drug-likeness (QED) is 0.296. The highest BCUT2D eigenvalue weighted by atomic mass is 19.1. The van der Waals surface area contributed by atoms with Crippen LogP contribution in [0.15, 0.2) is 71.8 Å². The van der Waals surface area contributed by atoms with E-state index in [1.165, 1.54) is 6.07 Å². The van der Waals surface area contributed by atoms with Crippen LogP contribution in [0, 0.1) is 11.6 Å². The Labute approximate surface area is 227 Å². The Morgan fingerprint density at radius 2 is 1.85 bits per heavy atom. The molecule has 4 rings (SSSR count). The molecule has 2 heterocycles. The summed E-state index contributed by atoms with van der Waals surface area (Å²) in [5.74, 6) is -2.56. The number of rotatable bonds is 13. The van der Waals surface area contributed by atoms with Crippen LogP contribution in [0.4, 0.5) is 14.5 Å². The second-order valence-electron chi connectivity index (χ2n) is 9.49. The van der Waals surface area contributed by atoms with Gasteiger partial charge in [0.15, 0.2) is 0 Å². The second-order valence-corrected chi connectivity index (χ2v) is 9.49. The summed E-state index contributed by atoms with van der Waals surface area (Å²) in [6, 6.07) is 12.0. The van der Waals surface area contributed by atoms with Gasteiger partial charge in [0, 0.05) is 19.2 Å². The van der Waals surface area contributed by atoms with Gasteiger partial charge in [-0.15, -0.1) is 0 Å². The minimum Gasteiger partial charge on any atom is -0.463 e. The normalized spacial score (nSPS) is 20.4. The summed E-state index contributed by atoms with van der Waals surface area (Å²) in [7, 11) is 0. The third kappa shape index (κ3) is 6.04. The predicted molar refractivity (Wildman–Crippen MR) is 145 cm³/mol. The predicted octanol–water partition coefficient (Wildman–Crippen LogP) is 4.01. The van der Waals surface area contributed by atoms with E-state index in [4.69, 9.17) is 9.47 Å². The van der Waals surface area contributed by atoms with Crippen LogP contribution in [0.25, 0.3) is 0 Å². The number of hydrogen-bond acceptors (Lipinski definition) is 6. The van der Waals surface area contributed by atoms with Gasteiger partial charge >= 0.3 is 5.97 Å². The fourth-order valence-corrected chi connectivity index (χ4v) is 5.17. The maximum atomic E-state index is 14.8. The molecule has 2 aliphatic heterocycles. The van der Waals surface area contributed by atoms with Gasteiger partial charge in [0.2, 0.25) is 0 Å². The van der Waals surface area contributed by atoms with Gasteiger partial charge in [0.1, 0.15) is 23.3 Å². The van der Waals surface area contributed by atoms with Crippen molar-refractivity contribution in [1.29, 1.82) is 0 Å². The van der Waals surface area contributed by atoms with Crippen LogP contribution < -0.4 is 10.6 Å². The summed E-state index contributed by atoms with van der Waals surface area (Å²) in [6.07, 6.45) is 3.02. The monoisotopic (exact) mass is 539 g/mol. The molecule has 7 nitrogen and oxygen atoms in total. The first kappa shape index (κ1) is 28.4. The SMILES string of the molecule is CCOC(=O)C1=C(C(=O)NCCN(CC)CC)C2C=CC1(C(Cc1ccccc1)Nc1ccc(F)cc1F)O2. The molecule has 2 aromatic carbocycles. The van der Waals surface area contributed by atoms with E-state index in [1.807, 2.05) is 30.3 Å². The first-order valence-electron chi connectivity index (χ1n) is 13.4. The number of esters is 1. The van der Waals surface area contributed by atoms with E-state index >= 15 is 0 Å². The highest BCUT2D eigenvalue weighted by Crippen LogP contribution is 2.47. The summed E-state index contributed by atoms with van der Waals surface area (Å²) in [5.41, 5.74) is -0.192. The Bertz CT molecular complexity index is 1250. The Hall–Kier alpha value is -3.56. The van der Waals surface area contributed by atoms with Crippen LogP contribution in [-0.4, -0.2) is 67.3 Å². The van der Waals surface area contributed by atoms with E-state index in [0.717, 1.165) is 30.8 Å². The van der Waals surface area contributed by atoms with E-state index in [0.29, 0.717) is 19.5 Å². The molecule has 0 saturated carbocycles. The van der Waals surface area contributed by atoms with E-state index in [2.05, 4.69) is 29.4 Å². The maximum absolute atomic E-state index is 14.8. The first-order valence-corrected chi connectivity index (χ1v) is 13.4. The maximum Gasteiger partial charge on any atom is 0.337 e. The number of hydrogen-bond donors (Lipinski definition) is 2. The van der Waals surface area contributed by atoms with Gasteiger partial charge in [-0.2, -0.15) is 0 Å². The molecule has 0 fully saturated rings. The van der Waals surface area contributed by atoms with Crippen molar-refractivity contribution in [3.05, 3.63) is 89.0 Å². The fraction of sp³-hybridized carbons (Fsp3) is 0.400. The number of carbonyl (C=O) groups is 2. The standard InChI is InChI=1S/C30H35F2N3O4/c1-4-35(5-2)17-16-33-28(36)26-24-14-15-30(39-24,27(26)29(37)38-6-3)25(18-20-10-8-7-9-11-20)34-23-13-12-21(31)19-22(23)32/h7-15,19,24-25,34H,4-6,16-18H2,1-3H3,(H,33,36). The number of fused-ring (bicyclic) bond motifs is 2. The lowest BCUT2D eigenvalue weighted by atomic mass is 9.78. The molecule has 3 atom stereocenters. The van der Waals surface area contributed by atoms with Crippen LogP contribution in [0.1, 0.15) is 26.3 Å². The van der Waals surface area contributed by atoms with Gasteiger partial charge in [0.25, 0.3) is 5.91 Å². The lowest BCUT2D eigenvalue weighted by molar-refractivity contribution is -0.140. The average molecular weight is 540 g/mol. The second kappa shape index (κ2) is 12.5. The third-order valence-corrected chi connectivity index (χ3v) is 7.18. The van der Waals surface area contributed by atoms with Crippen molar-refractivity contribution in [2.45, 2.75) is 44.9 Å². The molecule has 0 saturated heterocycles. The summed E-state index contributed by atoms with van der Waals surface area (Å²) in [6.45, 7) is 8.66. The number of amides is 1. The number of nitrogens with zero attached hydrogens (tertiary/aromatic N) is 1. The van der Waals surface area contributed by atoms with Gasteiger partial charge in [-0.1, -0.05) is 50.3 Å². The molecule has 2 N–H and O–H groups in total. The number of likely N-dealkylation sites (N-methyl/N-ethyl adjacent to an activating group) is 1. The van der Waals surface area contributed by atoms with Gasteiger partial charge in [0.05, 0.1) is 29.5 Å². The van der Waals surface area contributed by atoms with E-state index in [1.54, 1.807) is 19.1 Å². The summed E-state index contributed by atoms with van der Waals surface area (Å²) >= 11 is 0. The zero-order valence-electron chi connectivity index (χ0n) is 22.5. The molecular weight excluding hydrogens is 504 g/mol. The lowest BCUT2D eigenvalue weighted by Gasteiger charge is -2.36. The lowest BCUT2D eigenvalue weighted by Crippen LogP contribution is -2.50. The van der Waals surface area contributed by atoms with Crippen molar-refractivity contribution < 1.29 is 27.8 Å². The molecule has 0 spiro atoms. The topological polar surface area (TPSA) is 79.9 Å². The molecule has 0 aromatic heterocycles. The largest absolute Gasteiger partial charge is 0.463 e. The van der Waals surface area contributed by atoms with Crippen molar-refractivity contribution in [2.75, 3.05) is 38.1 Å². The number of ether oxygens (including phenoxy) is 2. The molecule has 0 aliphatic carbocycles. The highest BCUT2D eigenvalue weighted by molar-refractivity contribution is 6.07. The zero-order chi connectivity index (χ0) is 28.0. The highest BCUT2D eigenvalue weighted by Gasteiger charge is 2.58. The van der Waals surface area contributed by atoms with Gasteiger partial charge in [-0.3, -0.25) is 4.79 Å². The molecule has 2 aromatic rings. The summed E-state index contributed by atoms with van der Waals surface area (Å²) in [4.78, 5) is 29.0. The van der Waals surface area contributed by atoms with E-state index < -0.39 is 41.3 Å². The number of halogens is 2. The van der Waals surface area contributed by atoms with Gasteiger partial charge in [-0.05, 0) is 50.2 Å². The molecule has 1 amide bonds. The molecule has 2 aliphatic rings. The Morgan fingerprint density at radius 1 is 1.10 bits per heavy atom. The van der Waals surface area contributed by atoms with Crippen LogP contribution >= 0.6 is 0 Å². The van der Waals surface area contributed by atoms with Crippen LogP contribution in [0.3, 0.4) is 0 Å². The Kier molecular flexibility index (Phi) is 9.14. The molecule has 2 bridgehead atoms. The van der Waals surface area contributed by atoms with Crippen molar-refractivity contribution >= 4 is 17.6 Å². The van der Waals surface area contributed by atoms with Crippen LogP contribution in [-0.2, 0) is 25.5 Å². The minimum atomic E-state index is -1.42. The molecule has 0 radical (unpaired) electrons. The smallest absolute Gasteiger partial charge is 0.337 e. The molecule has 39 heavy (non-hydrogen) atoms. The Morgan fingerprint density at radius 3 is 2.51 bits per heavy atom. The molecule has 9 heteroatoms. The van der Waals surface area contributed by atoms with E-state index in [-0.39, 0.29) is 23.4 Å². The number of anilines is 1. The minimum absolute atomic E-state index is 0.0486. The van der Waals surface area contributed by atoms with Crippen molar-refractivity contribution in [1.82, 2.24) is 10.2 Å². The zero-order valence-corrected chi connectivity index (χ0v) is 22.5. The van der Waals surface area contributed by atoms with Gasteiger partial charge < -0.3 is 25.0 Å². The summed E-state index contributed by atoms with van der Waals surface area (Å²) in [5, 5.41) is 6.07. The van der Waals surface area contributed by atoms with Crippen LogP contribution in [0.5, 0.6) is 0 Å². The number of benzene rings is 2. The van der Waals surface area contributed by atoms with Gasteiger partial charge in [-0.25, -0.2) is 13.6 Å². The molecule has 3 unspecified atom stereocenters. The van der Waals surface area contributed by atoms with Crippen molar-refractivity contribution in [2.24, 2.45) is 0 Å². The first-order chi connectivity index (χ1) is 18.8. The molecular formula is C30H35F2N3O4. The summed E-state index contributed by atoms with van der Waals surface area (Å²) < 4.78 is 40.2. The number of nitrogens with one attached hydrogen (secondary N) is 2. The number of carbonyl (C=O) groups excluding carboxylic acids is 2. The fourth-order valence-electron chi connectivity index (χ4n) is 5.17.